The maximum absolute atomic E-state index is 11.7. The molecule has 0 bridgehead atoms. The average molecular weight is 312 g/mol. The van der Waals surface area contributed by atoms with E-state index in [9.17, 15) is 4.79 Å². The summed E-state index contributed by atoms with van der Waals surface area (Å²) < 4.78 is 0. The first-order valence-corrected chi connectivity index (χ1v) is 8.53. The number of thiophene rings is 1. The van der Waals surface area contributed by atoms with Crippen molar-refractivity contribution >= 4 is 29.0 Å². The monoisotopic (exact) mass is 312 g/mol. The van der Waals surface area contributed by atoms with Crippen LogP contribution in [0.4, 0.5) is 5.69 Å². The Morgan fingerprint density at radius 2 is 2.18 bits per heavy atom. The summed E-state index contributed by atoms with van der Waals surface area (Å²) in [6, 6.07) is 12.6. The maximum Gasteiger partial charge on any atom is 0.244 e. The van der Waals surface area contributed by atoms with Gasteiger partial charge in [0, 0.05) is 36.3 Å². The standard InChI is InChI=1S/C18H20N2OS/c21-18(9-8-16-6-3-14-22-16)19-11-4-12-20-13-10-15-5-1-2-7-17(15)20/h1-3,5-9,14H,4,10-13H2,(H,19,21)/b9-8+. The molecule has 0 aliphatic carbocycles. The molecule has 0 saturated heterocycles. The van der Waals surface area contributed by atoms with E-state index in [-0.39, 0.29) is 5.91 Å². The fraction of sp³-hybridized carbons (Fsp3) is 0.278. The Morgan fingerprint density at radius 1 is 1.27 bits per heavy atom. The third-order valence-corrected chi connectivity index (χ3v) is 4.67. The minimum atomic E-state index is -0.0183. The fourth-order valence-electron chi connectivity index (χ4n) is 2.72. The van der Waals surface area contributed by atoms with Crippen LogP contribution in [0.1, 0.15) is 16.9 Å². The van der Waals surface area contributed by atoms with Crippen molar-refractivity contribution in [2.24, 2.45) is 0 Å². The Balaban J connectivity index is 1.38. The van der Waals surface area contributed by atoms with E-state index in [1.54, 1.807) is 17.4 Å². The zero-order chi connectivity index (χ0) is 15.2. The van der Waals surface area contributed by atoms with Gasteiger partial charge in [-0.15, -0.1) is 11.3 Å². The lowest BCUT2D eigenvalue weighted by Crippen LogP contribution is -2.28. The van der Waals surface area contributed by atoms with Crippen molar-refractivity contribution < 1.29 is 4.79 Å². The summed E-state index contributed by atoms with van der Waals surface area (Å²) in [6.07, 6.45) is 5.56. The van der Waals surface area contributed by atoms with Crippen LogP contribution in [0.2, 0.25) is 0 Å². The highest BCUT2D eigenvalue weighted by Crippen LogP contribution is 2.27. The van der Waals surface area contributed by atoms with Crippen LogP contribution in [0.25, 0.3) is 6.08 Å². The van der Waals surface area contributed by atoms with E-state index in [2.05, 4.69) is 34.5 Å². The van der Waals surface area contributed by atoms with Crippen LogP contribution in [0, 0.1) is 0 Å². The van der Waals surface area contributed by atoms with E-state index in [0.717, 1.165) is 30.8 Å². The van der Waals surface area contributed by atoms with Gasteiger partial charge in [0.15, 0.2) is 0 Å². The number of hydrogen-bond acceptors (Lipinski definition) is 3. The van der Waals surface area contributed by atoms with Crippen molar-refractivity contribution in [3.8, 4) is 0 Å². The summed E-state index contributed by atoms with van der Waals surface area (Å²) in [6.45, 7) is 2.80. The Bertz CT molecular complexity index is 649. The van der Waals surface area contributed by atoms with Gasteiger partial charge in [0.05, 0.1) is 0 Å². The van der Waals surface area contributed by atoms with Crippen molar-refractivity contribution in [3.05, 3.63) is 58.3 Å². The maximum atomic E-state index is 11.7. The molecule has 1 aromatic carbocycles. The van der Waals surface area contributed by atoms with Gasteiger partial charge in [-0.2, -0.15) is 0 Å². The summed E-state index contributed by atoms with van der Waals surface area (Å²) in [4.78, 5) is 15.2. The molecule has 0 fully saturated rings. The molecule has 1 aliphatic rings. The van der Waals surface area contributed by atoms with Crippen molar-refractivity contribution in [1.82, 2.24) is 5.32 Å². The SMILES string of the molecule is O=C(/C=C/c1cccs1)NCCCN1CCc2ccccc21. The third kappa shape index (κ3) is 3.77. The lowest BCUT2D eigenvalue weighted by Gasteiger charge is -2.19. The molecule has 0 unspecified atom stereocenters. The Hall–Kier alpha value is -2.07. The minimum absolute atomic E-state index is 0.0183. The van der Waals surface area contributed by atoms with Crippen LogP contribution in [-0.4, -0.2) is 25.5 Å². The number of hydrogen-bond donors (Lipinski definition) is 1. The molecule has 0 atom stereocenters. The van der Waals surface area contributed by atoms with E-state index in [1.165, 1.54) is 11.3 Å². The quantitative estimate of drug-likeness (QED) is 0.655. The van der Waals surface area contributed by atoms with Gasteiger partial charge < -0.3 is 10.2 Å². The van der Waals surface area contributed by atoms with Crippen molar-refractivity contribution in [2.45, 2.75) is 12.8 Å². The van der Waals surface area contributed by atoms with Gasteiger partial charge in [0.2, 0.25) is 5.91 Å². The Kier molecular flexibility index (Phi) is 4.91. The molecule has 1 aliphatic heterocycles. The summed E-state index contributed by atoms with van der Waals surface area (Å²) in [5.41, 5.74) is 2.79. The van der Waals surface area contributed by atoms with Gasteiger partial charge in [0.25, 0.3) is 0 Å². The second-order valence-electron chi connectivity index (χ2n) is 5.36. The Morgan fingerprint density at radius 3 is 3.05 bits per heavy atom. The third-order valence-electron chi connectivity index (χ3n) is 3.83. The molecule has 1 N–H and O–H groups in total. The zero-order valence-electron chi connectivity index (χ0n) is 12.5. The van der Waals surface area contributed by atoms with Crippen LogP contribution in [0.3, 0.4) is 0 Å². The first-order chi connectivity index (χ1) is 10.8. The molecule has 0 saturated carbocycles. The predicted octanol–water partition coefficient (Wildman–Crippen LogP) is 3.33. The van der Waals surface area contributed by atoms with Crippen LogP contribution in [-0.2, 0) is 11.2 Å². The van der Waals surface area contributed by atoms with Crippen LogP contribution in [0.15, 0.2) is 47.9 Å². The number of carbonyl (C=O) groups is 1. The van der Waals surface area contributed by atoms with Crippen molar-refractivity contribution in [3.63, 3.8) is 0 Å². The molecule has 114 valence electrons. The number of amides is 1. The molecular weight excluding hydrogens is 292 g/mol. The molecule has 2 heterocycles. The van der Waals surface area contributed by atoms with Crippen LogP contribution < -0.4 is 10.2 Å². The molecule has 22 heavy (non-hydrogen) atoms. The lowest BCUT2D eigenvalue weighted by molar-refractivity contribution is -0.116. The first-order valence-electron chi connectivity index (χ1n) is 7.65. The normalized spacial score (nSPS) is 13.5. The van der Waals surface area contributed by atoms with Gasteiger partial charge in [-0.25, -0.2) is 0 Å². The highest BCUT2D eigenvalue weighted by atomic mass is 32.1. The number of benzene rings is 1. The number of fused-ring (bicyclic) bond motifs is 1. The molecule has 3 nitrogen and oxygen atoms in total. The summed E-state index contributed by atoms with van der Waals surface area (Å²) in [5.74, 6) is -0.0183. The van der Waals surface area contributed by atoms with E-state index >= 15 is 0 Å². The number of nitrogens with zero attached hydrogens (tertiary/aromatic N) is 1. The molecule has 1 amide bonds. The summed E-state index contributed by atoms with van der Waals surface area (Å²) >= 11 is 1.63. The molecule has 1 aromatic heterocycles. The van der Waals surface area contributed by atoms with Crippen LogP contribution in [0.5, 0.6) is 0 Å². The molecule has 3 rings (SSSR count). The van der Waals surface area contributed by atoms with Crippen LogP contribution >= 0.6 is 11.3 Å². The summed E-state index contributed by atoms with van der Waals surface area (Å²) in [7, 11) is 0. The average Bonchev–Trinajstić information content (AvgIpc) is 3.19. The van der Waals surface area contributed by atoms with Gasteiger partial charge >= 0.3 is 0 Å². The molecular formula is C18H20N2OS. The largest absolute Gasteiger partial charge is 0.371 e. The highest BCUT2D eigenvalue weighted by molar-refractivity contribution is 7.10. The molecule has 0 radical (unpaired) electrons. The first kappa shape index (κ1) is 14.9. The van der Waals surface area contributed by atoms with Crippen molar-refractivity contribution in [2.75, 3.05) is 24.5 Å². The predicted molar refractivity (Wildman–Crippen MR) is 93.3 cm³/mol. The Labute approximate surface area is 135 Å². The van der Waals surface area contributed by atoms with E-state index in [4.69, 9.17) is 0 Å². The van der Waals surface area contributed by atoms with E-state index in [1.807, 2.05) is 23.6 Å². The lowest BCUT2D eigenvalue weighted by atomic mass is 10.2. The number of para-hydroxylation sites is 1. The number of carbonyl (C=O) groups excluding carboxylic acids is 1. The molecule has 0 spiro atoms. The summed E-state index contributed by atoms with van der Waals surface area (Å²) in [5, 5.41) is 4.95. The number of anilines is 1. The topological polar surface area (TPSA) is 32.3 Å². The smallest absolute Gasteiger partial charge is 0.244 e. The van der Waals surface area contributed by atoms with Gasteiger partial charge in [-0.05, 0) is 42.0 Å². The van der Waals surface area contributed by atoms with E-state index < -0.39 is 0 Å². The van der Waals surface area contributed by atoms with Crippen molar-refractivity contribution in [1.29, 1.82) is 0 Å². The van der Waals surface area contributed by atoms with E-state index in [0.29, 0.717) is 6.54 Å². The highest BCUT2D eigenvalue weighted by Gasteiger charge is 2.17. The fourth-order valence-corrected chi connectivity index (χ4v) is 3.34. The van der Waals surface area contributed by atoms with Gasteiger partial charge in [-0.1, -0.05) is 24.3 Å². The number of nitrogens with one attached hydrogen (secondary N) is 1. The minimum Gasteiger partial charge on any atom is -0.371 e. The zero-order valence-corrected chi connectivity index (χ0v) is 13.3. The van der Waals surface area contributed by atoms with Gasteiger partial charge in [-0.3, -0.25) is 4.79 Å². The molecule has 4 heteroatoms. The molecule has 2 aromatic rings. The second-order valence-corrected chi connectivity index (χ2v) is 6.34. The van der Waals surface area contributed by atoms with Gasteiger partial charge in [0.1, 0.15) is 0 Å². The number of rotatable bonds is 6. The second kappa shape index (κ2) is 7.27.